The van der Waals surface area contributed by atoms with Crippen molar-refractivity contribution in [2.45, 2.75) is 32.4 Å². The van der Waals surface area contributed by atoms with Crippen molar-refractivity contribution in [1.29, 1.82) is 0 Å². The molecule has 3 rings (SSSR count). The van der Waals surface area contributed by atoms with Crippen LogP contribution < -0.4 is 26.3 Å². The molecule has 1 atom stereocenters. The van der Waals surface area contributed by atoms with Gasteiger partial charge in [-0.2, -0.15) is 0 Å². The third-order valence-corrected chi connectivity index (χ3v) is 9.47. The number of hydrogen-bond donors (Lipinski definition) is 1. The average molecular weight is 449 g/mol. The summed E-state index contributed by atoms with van der Waals surface area (Å²) in [7, 11) is -2.46. The Bertz CT molecular complexity index is 937. The van der Waals surface area contributed by atoms with E-state index in [1.165, 1.54) is 0 Å². The fourth-order valence-corrected chi connectivity index (χ4v) is 8.07. The first kappa shape index (κ1) is 23.5. The molecule has 0 saturated heterocycles. The summed E-state index contributed by atoms with van der Waals surface area (Å²) < 4.78 is 5.32. The Labute approximate surface area is 189 Å². The van der Waals surface area contributed by atoms with E-state index in [-0.39, 0.29) is 6.16 Å². The number of ether oxygens (including phenoxy) is 1. The summed E-state index contributed by atoms with van der Waals surface area (Å²) in [6, 6.07) is 28.4. The molecule has 3 aromatic carbocycles. The fourth-order valence-electron chi connectivity index (χ4n) is 3.71. The lowest BCUT2D eigenvalue weighted by Crippen LogP contribution is -2.53. The molecule has 166 valence electrons. The van der Waals surface area contributed by atoms with Gasteiger partial charge in [0.05, 0.1) is 12.1 Å². The molecule has 32 heavy (non-hydrogen) atoms. The molecule has 3 aromatic rings. The van der Waals surface area contributed by atoms with Gasteiger partial charge in [0.15, 0.2) is 0 Å². The van der Waals surface area contributed by atoms with E-state index >= 15 is 0 Å². The number of amides is 1. The highest BCUT2D eigenvalue weighted by Gasteiger charge is 2.47. The number of benzene rings is 3. The maximum atomic E-state index is 12.5. The zero-order valence-electron chi connectivity index (χ0n) is 18.5. The minimum atomic E-state index is -2.46. The molecule has 0 aliphatic rings. The highest BCUT2D eigenvalue weighted by Crippen LogP contribution is 2.55. The van der Waals surface area contributed by atoms with Crippen LogP contribution in [0.3, 0.4) is 0 Å². The monoisotopic (exact) mass is 449 g/mol. The van der Waals surface area contributed by atoms with Gasteiger partial charge in [-0.05, 0) is 57.2 Å². The quantitative estimate of drug-likeness (QED) is 0.563. The first-order valence-corrected chi connectivity index (χ1v) is 12.4. The second kappa shape index (κ2) is 9.97. The standard InChI is InChI=1S/C26H28NO4P/c1-26(2,3)31-25(30)27-23(24(28)29)19-32(20-13-7-4-8-14-20,21-15-9-5-10-16-21)22-17-11-6-12-18-22/h4-18,23H,19H2,1-3H3,(H-,27,28,29,30)/t23-/m0/s1. The zero-order valence-corrected chi connectivity index (χ0v) is 19.4. The molecule has 0 aromatic heterocycles. The van der Waals surface area contributed by atoms with Crippen molar-refractivity contribution in [3.8, 4) is 0 Å². The third-order valence-electron chi connectivity index (χ3n) is 5.02. The Morgan fingerprint density at radius 1 is 0.812 bits per heavy atom. The average Bonchev–Trinajstić information content (AvgIpc) is 2.77. The van der Waals surface area contributed by atoms with Crippen molar-refractivity contribution in [3.05, 3.63) is 91.0 Å². The van der Waals surface area contributed by atoms with Crippen LogP contribution in [0.5, 0.6) is 0 Å². The zero-order chi connectivity index (χ0) is 23.2. The van der Waals surface area contributed by atoms with E-state index in [2.05, 4.69) is 5.32 Å². The van der Waals surface area contributed by atoms with Crippen molar-refractivity contribution in [2.75, 3.05) is 6.16 Å². The fraction of sp³-hybridized carbons (Fsp3) is 0.231. The summed E-state index contributed by atoms with van der Waals surface area (Å²) in [5.74, 6) is -1.34. The van der Waals surface area contributed by atoms with Gasteiger partial charge in [-0.3, -0.25) is 0 Å². The molecule has 0 saturated carbocycles. The predicted octanol–water partition coefficient (Wildman–Crippen LogP) is 2.62. The third kappa shape index (κ3) is 5.54. The molecular weight excluding hydrogens is 421 g/mol. The Hall–Kier alpha value is -3.17. The maximum absolute atomic E-state index is 12.5. The molecule has 0 spiro atoms. The van der Waals surface area contributed by atoms with Gasteiger partial charge >= 0.3 is 6.09 Å². The van der Waals surface area contributed by atoms with Gasteiger partial charge in [-0.15, -0.1) is 0 Å². The molecular formula is C26H28NO4P. The molecule has 1 N–H and O–H groups in total. The van der Waals surface area contributed by atoms with Crippen LogP contribution in [0.25, 0.3) is 0 Å². The van der Waals surface area contributed by atoms with E-state index in [4.69, 9.17) is 4.74 Å². The van der Waals surface area contributed by atoms with Gasteiger partial charge < -0.3 is 20.0 Å². The van der Waals surface area contributed by atoms with E-state index in [1.807, 2.05) is 91.0 Å². The molecule has 0 radical (unpaired) electrons. The topological polar surface area (TPSA) is 78.5 Å². The molecule has 0 unspecified atom stereocenters. The molecule has 1 amide bonds. The van der Waals surface area contributed by atoms with Crippen LogP contribution in [0.1, 0.15) is 20.8 Å². The summed E-state index contributed by atoms with van der Waals surface area (Å²) in [6.45, 7) is 5.20. The first-order chi connectivity index (χ1) is 15.2. The molecule has 0 aliphatic heterocycles. The van der Waals surface area contributed by atoms with Crippen LogP contribution in [0.15, 0.2) is 91.0 Å². The molecule has 0 bridgehead atoms. The molecule has 0 fully saturated rings. The number of aliphatic carboxylic acids is 1. The highest BCUT2D eigenvalue weighted by molar-refractivity contribution is 7.95. The molecule has 5 nitrogen and oxygen atoms in total. The van der Waals surface area contributed by atoms with Crippen molar-refractivity contribution in [1.82, 2.24) is 5.32 Å². The number of carboxylic acid groups (broad SMARTS) is 1. The summed E-state index contributed by atoms with van der Waals surface area (Å²) in [4.78, 5) is 24.7. The van der Waals surface area contributed by atoms with E-state index < -0.39 is 31.0 Å². The first-order valence-electron chi connectivity index (χ1n) is 10.5. The summed E-state index contributed by atoms with van der Waals surface area (Å²) >= 11 is 0. The molecule has 0 heterocycles. The number of rotatable bonds is 7. The van der Waals surface area contributed by atoms with E-state index in [1.54, 1.807) is 20.8 Å². The lowest BCUT2D eigenvalue weighted by molar-refractivity contribution is -0.307. The number of nitrogens with one attached hydrogen (secondary N) is 1. The van der Waals surface area contributed by atoms with Crippen molar-refractivity contribution >= 4 is 35.2 Å². The summed E-state index contributed by atoms with van der Waals surface area (Å²) in [5, 5.41) is 17.8. The highest BCUT2D eigenvalue weighted by atomic mass is 31.2. The molecule has 0 aliphatic carbocycles. The Kier molecular flexibility index (Phi) is 7.32. The van der Waals surface area contributed by atoms with Crippen LogP contribution in [0.4, 0.5) is 4.79 Å². The van der Waals surface area contributed by atoms with E-state index in [9.17, 15) is 14.7 Å². The van der Waals surface area contributed by atoms with Gasteiger partial charge in [0.25, 0.3) is 0 Å². The second-order valence-electron chi connectivity index (χ2n) is 8.52. The van der Waals surface area contributed by atoms with Crippen LogP contribution in [-0.2, 0) is 9.53 Å². The van der Waals surface area contributed by atoms with Gasteiger partial charge in [-0.25, -0.2) is 4.79 Å². The van der Waals surface area contributed by atoms with Gasteiger partial charge in [-0.1, -0.05) is 54.6 Å². The number of carbonyl (C=O) groups excluding carboxylic acids is 2. The van der Waals surface area contributed by atoms with Crippen LogP contribution in [-0.4, -0.2) is 29.9 Å². The van der Waals surface area contributed by atoms with Crippen LogP contribution in [0.2, 0.25) is 0 Å². The van der Waals surface area contributed by atoms with Crippen molar-refractivity contribution < 1.29 is 19.4 Å². The predicted molar refractivity (Wildman–Crippen MR) is 128 cm³/mol. The number of hydrogen-bond acceptors (Lipinski definition) is 4. The lowest BCUT2D eigenvalue weighted by atomic mass is 10.2. The second-order valence-corrected chi connectivity index (χ2v) is 12.1. The van der Waals surface area contributed by atoms with Gasteiger partial charge in [0.1, 0.15) is 34.8 Å². The minimum Gasteiger partial charge on any atom is -0.548 e. The molecule has 6 heteroatoms. The summed E-state index contributed by atoms with van der Waals surface area (Å²) in [6.07, 6.45) is -0.619. The number of alkyl carbamates (subject to hydrolysis) is 1. The maximum Gasteiger partial charge on any atom is 0.408 e. The van der Waals surface area contributed by atoms with E-state index in [0.29, 0.717) is 0 Å². The Morgan fingerprint density at radius 2 is 1.19 bits per heavy atom. The van der Waals surface area contributed by atoms with Gasteiger partial charge in [0, 0.05) is 0 Å². The Balaban J connectivity index is 2.15. The number of carbonyl (C=O) groups is 2. The normalized spacial score (nSPS) is 12.6. The smallest absolute Gasteiger partial charge is 0.408 e. The largest absolute Gasteiger partial charge is 0.548 e. The van der Waals surface area contributed by atoms with Crippen molar-refractivity contribution in [3.63, 3.8) is 0 Å². The number of carboxylic acids is 1. The SMILES string of the molecule is CC(C)(C)OC(=O)N[C@@H](C[P+](c1ccccc1)(c1ccccc1)c1ccccc1)C(=O)[O-]. The van der Waals surface area contributed by atoms with Crippen LogP contribution in [0, 0.1) is 0 Å². The Morgan fingerprint density at radius 3 is 1.50 bits per heavy atom. The minimum absolute atomic E-state index is 0.159. The van der Waals surface area contributed by atoms with Gasteiger partial charge in [0.2, 0.25) is 0 Å². The van der Waals surface area contributed by atoms with Crippen LogP contribution >= 0.6 is 7.26 Å². The summed E-state index contributed by atoms with van der Waals surface area (Å²) in [5.41, 5.74) is -0.745. The lowest BCUT2D eigenvalue weighted by Gasteiger charge is -2.32. The van der Waals surface area contributed by atoms with E-state index in [0.717, 1.165) is 15.9 Å². The van der Waals surface area contributed by atoms with Crippen molar-refractivity contribution in [2.24, 2.45) is 0 Å².